The topological polar surface area (TPSA) is 70.7 Å². The van der Waals surface area contributed by atoms with E-state index < -0.39 is 0 Å². The highest BCUT2D eigenvalue weighted by Crippen LogP contribution is 2.15. The lowest BCUT2D eigenvalue weighted by atomic mass is 10.00. The number of carbonyl (C=O) groups excluding carboxylic acids is 1. The van der Waals surface area contributed by atoms with Crippen LogP contribution in [0.5, 0.6) is 0 Å². The normalized spacial score (nSPS) is 17.6. The third-order valence-electron chi connectivity index (χ3n) is 2.94. The molecule has 6 heteroatoms. The van der Waals surface area contributed by atoms with E-state index in [0.717, 1.165) is 31.8 Å². The fraction of sp³-hybridized carbons (Fsp3) is 0.833. The number of piperidine rings is 1. The van der Waals surface area contributed by atoms with E-state index >= 15 is 0 Å². The van der Waals surface area contributed by atoms with Gasteiger partial charge in [-0.3, -0.25) is 4.79 Å². The Morgan fingerprint density at radius 2 is 2.00 bits per heavy atom. The highest BCUT2D eigenvalue weighted by molar-refractivity contribution is 14.0. The predicted octanol–water partition coefficient (Wildman–Crippen LogP) is 1.18. The molecule has 0 aromatic carbocycles. The summed E-state index contributed by atoms with van der Waals surface area (Å²) in [6.07, 6.45) is 2.29. The second kappa shape index (κ2) is 8.55. The predicted molar refractivity (Wildman–Crippen MR) is 85.2 cm³/mol. The number of amides is 1. The van der Waals surface area contributed by atoms with Crippen LogP contribution in [0.25, 0.3) is 0 Å². The number of nitrogens with zero attached hydrogens (tertiary/aromatic N) is 2. The molecule has 0 aromatic heterocycles. The Hall–Kier alpha value is -0.530. The van der Waals surface area contributed by atoms with Crippen molar-refractivity contribution in [2.24, 2.45) is 16.6 Å². The van der Waals surface area contributed by atoms with E-state index in [1.54, 1.807) is 0 Å². The minimum atomic E-state index is -0.0756. The summed E-state index contributed by atoms with van der Waals surface area (Å²) >= 11 is 0. The van der Waals surface area contributed by atoms with E-state index in [-0.39, 0.29) is 42.5 Å². The van der Waals surface area contributed by atoms with Crippen molar-refractivity contribution in [1.29, 1.82) is 0 Å². The number of hydrogen-bond acceptors (Lipinski definition) is 2. The molecule has 0 spiro atoms. The molecular formula is C12H25IN4O. The van der Waals surface area contributed by atoms with Crippen molar-refractivity contribution < 1.29 is 4.79 Å². The third-order valence-corrected chi connectivity index (χ3v) is 2.94. The van der Waals surface area contributed by atoms with Crippen LogP contribution in [0.1, 0.15) is 33.6 Å². The average molecular weight is 368 g/mol. The van der Waals surface area contributed by atoms with Crippen molar-refractivity contribution >= 4 is 35.8 Å². The maximum Gasteiger partial charge on any atom is 0.242 e. The molecule has 1 aliphatic heterocycles. The van der Waals surface area contributed by atoms with Gasteiger partial charge in [0.1, 0.15) is 6.54 Å². The molecule has 0 aromatic rings. The van der Waals surface area contributed by atoms with Gasteiger partial charge in [-0.05, 0) is 32.6 Å². The molecule has 1 heterocycles. The zero-order valence-corrected chi connectivity index (χ0v) is 13.8. The number of rotatable bonds is 3. The van der Waals surface area contributed by atoms with Gasteiger partial charge < -0.3 is 16.0 Å². The van der Waals surface area contributed by atoms with Crippen LogP contribution in [-0.2, 0) is 4.79 Å². The number of likely N-dealkylation sites (tertiary alicyclic amines) is 1. The first kappa shape index (κ1) is 17.5. The van der Waals surface area contributed by atoms with Crippen LogP contribution in [0.3, 0.4) is 0 Å². The Kier molecular flexibility index (Phi) is 8.30. The minimum Gasteiger partial charge on any atom is -0.370 e. The maximum atomic E-state index is 11.4. The number of carbonyl (C=O) groups is 1. The first-order chi connectivity index (χ1) is 7.99. The molecule has 1 fully saturated rings. The van der Waals surface area contributed by atoms with Crippen molar-refractivity contribution in [3.63, 3.8) is 0 Å². The molecule has 1 rings (SSSR count). The Labute approximate surface area is 127 Å². The smallest absolute Gasteiger partial charge is 0.242 e. The van der Waals surface area contributed by atoms with Crippen LogP contribution < -0.4 is 11.1 Å². The van der Waals surface area contributed by atoms with Crippen LogP contribution in [0.15, 0.2) is 4.99 Å². The van der Waals surface area contributed by atoms with Crippen molar-refractivity contribution in [3.8, 4) is 0 Å². The zero-order valence-electron chi connectivity index (χ0n) is 11.5. The summed E-state index contributed by atoms with van der Waals surface area (Å²) in [5.74, 6) is 1.19. The number of aliphatic imine (C=N–C) groups is 1. The summed E-state index contributed by atoms with van der Waals surface area (Å²) in [6, 6.07) is 0.148. The van der Waals surface area contributed by atoms with E-state index in [4.69, 9.17) is 5.73 Å². The molecule has 0 bridgehead atoms. The molecular weight excluding hydrogens is 343 g/mol. The van der Waals surface area contributed by atoms with Gasteiger partial charge in [0.2, 0.25) is 5.91 Å². The summed E-state index contributed by atoms with van der Waals surface area (Å²) in [6.45, 7) is 8.12. The van der Waals surface area contributed by atoms with Crippen molar-refractivity contribution in [1.82, 2.24) is 10.2 Å². The van der Waals surface area contributed by atoms with Gasteiger partial charge >= 0.3 is 0 Å². The molecule has 1 amide bonds. The highest BCUT2D eigenvalue weighted by Gasteiger charge is 2.17. The first-order valence-electron chi connectivity index (χ1n) is 6.33. The quantitative estimate of drug-likeness (QED) is 0.447. The molecule has 0 aliphatic carbocycles. The third kappa shape index (κ3) is 6.42. The monoisotopic (exact) mass is 368 g/mol. The fourth-order valence-electron chi connectivity index (χ4n) is 1.86. The Morgan fingerprint density at radius 3 is 2.50 bits per heavy atom. The Bertz CT molecular complexity index is 286. The molecule has 0 saturated carbocycles. The fourth-order valence-corrected chi connectivity index (χ4v) is 1.86. The van der Waals surface area contributed by atoms with Crippen LogP contribution in [0, 0.1) is 5.92 Å². The van der Waals surface area contributed by atoms with E-state index in [2.05, 4.69) is 22.1 Å². The van der Waals surface area contributed by atoms with Gasteiger partial charge in [-0.1, -0.05) is 6.92 Å². The van der Waals surface area contributed by atoms with Gasteiger partial charge in [-0.2, -0.15) is 0 Å². The van der Waals surface area contributed by atoms with Gasteiger partial charge in [-0.15, -0.1) is 24.0 Å². The molecule has 106 valence electrons. The SMILES string of the molecule is CC1CCN(C(N)=NCC(=O)NC(C)C)CC1.I. The Balaban J connectivity index is 0.00000289. The average Bonchev–Trinajstić information content (AvgIpc) is 2.26. The summed E-state index contributed by atoms with van der Waals surface area (Å²) < 4.78 is 0. The van der Waals surface area contributed by atoms with Crippen LogP contribution in [-0.4, -0.2) is 42.4 Å². The number of guanidine groups is 1. The lowest BCUT2D eigenvalue weighted by molar-refractivity contribution is -0.120. The molecule has 18 heavy (non-hydrogen) atoms. The van der Waals surface area contributed by atoms with Crippen molar-refractivity contribution in [2.75, 3.05) is 19.6 Å². The van der Waals surface area contributed by atoms with Gasteiger partial charge in [0.25, 0.3) is 0 Å². The summed E-state index contributed by atoms with van der Waals surface area (Å²) in [5.41, 5.74) is 5.87. The molecule has 1 aliphatic rings. The van der Waals surface area contributed by atoms with E-state index in [1.807, 2.05) is 13.8 Å². The Morgan fingerprint density at radius 1 is 1.44 bits per heavy atom. The zero-order chi connectivity index (χ0) is 12.8. The molecule has 0 unspecified atom stereocenters. The summed E-state index contributed by atoms with van der Waals surface area (Å²) in [4.78, 5) is 17.6. The number of nitrogens with one attached hydrogen (secondary N) is 1. The van der Waals surface area contributed by atoms with Gasteiger partial charge in [0.15, 0.2) is 5.96 Å². The first-order valence-corrected chi connectivity index (χ1v) is 6.33. The number of halogens is 1. The van der Waals surface area contributed by atoms with E-state index in [9.17, 15) is 4.79 Å². The number of nitrogens with two attached hydrogens (primary N) is 1. The van der Waals surface area contributed by atoms with E-state index in [0.29, 0.717) is 5.96 Å². The standard InChI is InChI=1S/C12H24N4O.HI/c1-9(2)15-11(17)8-14-12(13)16-6-4-10(3)5-7-16;/h9-10H,4-8H2,1-3H3,(H2,13,14)(H,15,17);1H. The minimum absolute atomic E-state index is 0. The second-order valence-electron chi connectivity index (χ2n) is 5.07. The lowest BCUT2D eigenvalue weighted by Gasteiger charge is -2.30. The molecule has 1 saturated heterocycles. The summed E-state index contributed by atoms with van der Waals surface area (Å²) in [7, 11) is 0. The van der Waals surface area contributed by atoms with Crippen molar-refractivity contribution in [3.05, 3.63) is 0 Å². The lowest BCUT2D eigenvalue weighted by Crippen LogP contribution is -2.43. The molecule has 3 N–H and O–H groups in total. The van der Waals surface area contributed by atoms with Crippen LogP contribution in [0.2, 0.25) is 0 Å². The van der Waals surface area contributed by atoms with Crippen LogP contribution in [0.4, 0.5) is 0 Å². The largest absolute Gasteiger partial charge is 0.370 e. The van der Waals surface area contributed by atoms with Gasteiger partial charge in [0, 0.05) is 19.1 Å². The summed E-state index contributed by atoms with van der Waals surface area (Å²) in [5, 5.41) is 2.79. The van der Waals surface area contributed by atoms with E-state index in [1.165, 1.54) is 0 Å². The molecule has 0 radical (unpaired) electrons. The molecule has 0 atom stereocenters. The number of hydrogen-bond donors (Lipinski definition) is 2. The van der Waals surface area contributed by atoms with Crippen molar-refractivity contribution in [2.45, 2.75) is 39.7 Å². The van der Waals surface area contributed by atoms with Gasteiger partial charge in [0.05, 0.1) is 0 Å². The second-order valence-corrected chi connectivity index (χ2v) is 5.07. The molecule has 5 nitrogen and oxygen atoms in total. The van der Waals surface area contributed by atoms with Gasteiger partial charge in [-0.25, -0.2) is 4.99 Å². The maximum absolute atomic E-state index is 11.4. The highest BCUT2D eigenvalue weighted by atomic mass is 127. The van der Waals surface area contributed by atoms with Crippen LogP contribution >= 0.6 is 24.0 Å².